The second-order valence-corrected chi connectivity index (χ2v) is 4.78. The Morgan fingerprint density at radius 2 is 2.33 bits per heavy atom. The lowest BCUT2D eigenvalue weighted by Crippen LogP contribution is -2.41. The Hall–Kier alpha value is -0.770. The molecule has 0 saturated carbocycles. The molecule has 3 N–H and O–H groups in total. The van der Waals surface area contributed by atoms with Crippen LogP contribution in [0.5, 0.6) is 0 Å². The fourth-order valence-corrected chi connectivity index (χ4v) is 2.74. The minimum Gasteiger partial charge on any atom is -0.386 e. The number of rotatable bonds is 0. The molecule has 3 nitrogen and oxygen atoms in total. The lowest BCUT2D eigenvalue weighted by molar-refractivity contribution is 0.118. The lowest BCUT2D eigenvalue weighted by Gasteiger charge is -2.27. The number of hydrogen-bond acceptors (Lipinski definition) is 3. The molecule has 2 heterocycles. The number of fused-ring (bicyclic) bond motifs is 1. The molecule has 0 aliphatic carbocycles. The first-order chi connectivity index (χ1) is 7.21. The van der Waals surface area contributed by atoms with Gasteiger partial charge in [0.05, 0.1) is 5.54 Å². The van der Waals surface area contributed by atoms with Crippen LogP contribution in [-0.4, -0.2) is 23.7 Å². The zero-order chi connectivity index (χ0) is 10.5. The van der Waals surface area contributed by atoms with Crippen molar-refractivity contribution in [3.8, 4) is 0 Å². The molecule has 2 aliphatic heterocycles. The van der Waals surface area contributed by atoms with Crippen molar-refractivity contribution in [1.82, 2.24) is 5.32 Å². The summed E-state index contributed by atoms with van der Waals surface area (Å²) in [6, 6.07) is 5.64. The lowest BCUT2D eigenvalue weighted by atomic mass is 9.91. The highest BCUT2D eigenvalue weighted by molar-refractivity contribution is 6.30. The molecule has 0 bridgehead atoms. The first-order valence-electron chi connectivity index (χ1n) is 5.18. The van der Waals surface area contributed by atoms with Crippen molar-refractivity contribution in [3.63, 3.8) is 0 Å². The van der Waals surface area contributed by atoms with Crippen LogP contribution in [0, 0.1) is 0 Å². The molecule has 15 heavy (non-hydrogen) atoms. The molecule has 1 aromatic rings. The van der Waals surface area contributed by atoms with E-state index >= 15 is 0 Å². The van der Waals surface area contributed by atoms with Gasteiger partial charge in [0.1, 0.15) is 6.10 Å². The van der Waals surface area contributed by atoms with Crippen molar-refractivity contribution in [3.05, 3.63) is 28.8 Å². The van der Waals surface area contributed by atoms with Crippen molar-refractivity contribution < 1.29 is 5.11 Å². The van der Waals surface area contributed by atoms with E-state index in [-0.39, 0.29) is 5.54 Å². The topological polar surface area (TPSA) is 44.3 Å². The number of aliphatic hydroxyl groups is 1. The van der Waals surface area contributed by atoms with Crippen LogP contribution in [0.2, 0.25) is 5.02 Å². The molecule has 4 heteroatoms. The normalized spacial score (nSPS) is 33.1. The van der Waals surface area contributed by atoms with Gasteiger partial charge in [-0.2, -0.15) is 0 Å². The molecule has 1 spiro atoms. The molecule has 0 amide bonds. The van der Waals surface area contributed by atoms with E-state index in [0.717, 1.165) is 30.8 Å². The van der Waals surface area contributed by atoms with Crippen LogP contribution in [0.1, 0.15) is 18.1 Å². The number of benzene rings is 1. The van der Waals surface area contributed by atoms with Crippen LogP contribution in [0.25, 0.3) is 0 Å². The van der Waals surface area contributed by atoms with Crippen molar-refractivity contribution in [1.29, 1.82) is 0 Å². The van der Waals surface area contributed by atoms with E-state index in [1.165, 1.54) is 0 Å². The standard InChI is InChI=1S/C11H13ClN2O/c12-7-1-2-9-8(5-7)10(15)11(14-9)3-4-13-6-11/h1-2,5,10,13-15H,3-4,6H2. The van der Waals surface area contributed by atoms with Crippen molar-refractivity contribution in [2.45, 2.75) is 18.1 Å². The van der Waals surface area contributed by atoms with Gasteiger partial charge in [-0.15, -0.1) is 0 Å². The summed E-state index contributed by atoms with van der Waals surface area (Å²) in [6.45, 7) is 1.76. The van der Waals surface area contributed by atoms with E-state index in [2.05, 4.69) is 10.6 Å². The number of hydrogen-bond donors (Lipinski definition) is 3. The maximum atomic E-state index is 10.3. The largest absolute Gasteiger partial charge is 0.386 e. The summed E-state index contributed by atoms with van der Waals surface area (Å²) in [5.41, 5.74) is 1.72. The molecule has 80 valence electrons. The van der Waals surface area contributed by atoms with Gasteiger partial charge in [0.15, 0.2) is 0 Å². The average Bonchev–Trinajstić information content (AvgIpc) is 2.78. The number of aliphatic hydroxyl groups excluding tert-OH is 1. The van der Waals surface area contributed by atoms with Crippen molar-refractivity contribution >= 4 is 17.3 Å². The molecule has 1 fully saturated rings. The minimum atomic E-state index is -0.457. The molecular formula is C11H13ClN2O. The van der Waals surface area contributed by atoms with E-state index in [9.17, 15) is 5.11 Å². The first kappa shape index (κ1) is 9.46. The molecule has 0 radical (unpaired) electrons. The Bertz CT molecular complexity index is 402. The summed E-state index contributed by atoms with van der Waals surface area (Å²) in [7, 11) is 0. The Labute approximate surface area is 93.4 Å². The summed E-state index contributed by atoms with van der Waals surface area (Å²) < 4.78 is 0. The third-order valence-electron chi connectivity index (χ3n) is 3.40. The zero-order valence-electron chi connectivity index (χ0n) is 8.26. The Balaban J connectivity index is 2.04. The fraction of sp³-hybridized carbons (Fsp3) is 0.455. The van der Waals surface area contributed by atoms with Gasteiger partial charge in [0, 0.05) is 22.8 Å². The van der Waals surface area contributed by atoms with Crippen LogP contribution in [0.3, 0.4) is 0 Å². The van der Waals surface area contributed by atoms with E-state index in [1.54, 1.807) is 0 Å². The highest BCUT2D eigenvalue weighted by Crippen LogP contribution is 2.44. The predicted molar refractivity (Wildman–Crippen MR) is 60.3 cm³/mol. The van der Waals surface area contributed by atoms with Gasteiger partial charge in [0.25, 0.3) is 0 Å². The molecule has 3 rings (SSSR count). The van der Waals surface area contributed by atoms with Gasteiger partial charge < -0.3 is 15.7 Å². The number of halogens is 1. The van der Waals surface area contributed by atoms with Crippen LogP contribution >= 0.6 is 11.6 Å². The highest BCUT2D eigenvalue weighted by atomic mass is 35.5. The van der Waals surface area contributed by atoms with E-state index in [4.69, 9.17) is 11.6 Å². The number of nitrogens with one attached hydrogen (secondary N) is 2. The van der Waals surface area contributed by atoms with Crippen LogP contribution in [0.15, 0.2) is 18.2 Å². The van der Waals surface area contributed by atoms with E-state index in [0.29, 0.717) is 5.02 Å². The van der Waals surface area contributed by atoms with Crippen LogP contribution in [-0.2, 0) is 0 Å². The third kappa shape index (κ3) is 1.27. The van der Waals surface area contributed by atoms with Gasteiger partial charge in [0.2, 0.25) is 0 Å². The molecule has 2 aliphatic rings. The molecule has 2 atom stereocenters. The van der Waals surface area contributed by atoms with E-state index in [1.807, 2.05) is 18.2 Å². The third-order valence-corrected chi connectivity index (χ3v) is 3.64. The molecule has 1 saturated heterocycles. The van der Waals surface area contributed by atoms with Gasteiger partial charge in [-0.05, 0) is 31.2 Å². The summed E-state index contributed by atoms with van der Waals surface area (Å²) in [5.74, 6) is 0. The SMILES string of the molecule is OC1c2cc(Cl)ccc2NC12CCNC2. The summed E-state index contributed by atoms with van der Waals surface area (Å²) in [4.78, 5) is 0. The smallest absolute Gasteiger partial charge is 0.105 e. The maximum absolute atomic E-state index is 10.3. The van der Waals surface area contributed by atoms with Gasteiger partial charge >= 0.3 is 0 Å². The molecule has 0 aromatic heterocycles. The zero-order valence-corrected chi connectivity index (χ0v) is 9.01. The molecular weight excluding hydrogens is 212 g/mol. The quantitative estimate of drug-likeness (QED) is 0.626. The minimum absolute atomic E-state index is 0.215. The Morgan fingerprint density at radius 3 is 3.07 bits per heavy atom. The summed E-state index contributed by atoms with van der Waals surface area (Å²) >= 11 is 5.93. The highest BCUT2D eigenvalue weighted by Gasteiger charge is 2.46. The second kappa shape index (κ2) is 3.11. The fourth-order valence-electron chi connectivity index (χ4n) is 2.56. The van der Waals surface area contributed by atoms with Crippen molar-refractivity contribution in [2.24, 2.45) is 0 Å². The van der Waals surface area contributed by atoms with Gasteiger partial charge in [-0.25, -0.2) is 0 Å². The van der Waals surface area contributed by atoms with Crippen LogP contribution in [0.4, 0.5) is 5.69 Å². The first-order valence-corrected chi connectivity index (χ1v) is 5.55. The Kier molecular flexibility index (Phi) is 1.96. The summed E-state index contributed by atoms with van der Waals surface area (Å²) in [6.07, 6.45) is 0.488. The van der Waals surface area contributed by atoms with E-state index < -0.39 is 6.10 Å². The molecule has 2 unspecified atom stereocenters. The second-order valence-electron chi connectivity index (χ2n) is 4.34. The summed E-state index contributed by atoms with van der Waals surface area (Å²) in [5, 5.41) is 17.7. The maximum Gasteiger partial charge on any atom is 0.105 e. The van der Waals surface area contributed by atoms with Gasteiger partial charge in [-0.1, -0.05) is 11.6 Å². The predicted octanol–water partition coefficient (Wildman–Crippen LogP) is 1.53. The monoisotopic (exact) mass is 224 g/mol. The van der Waals surface area contributed by atoms with Crippen molar-refractivity contribution in [2.75, 3.05) is 18.4 Å². The molecule has 1 aromatic carbocycles. The average molecular weight is 225 g/mol. The van der Waals surface area contributed by atoms with Gasteiger partial charge in [-0.3, -0.25) is 0 Å². The van der Waals surface area contributed by atoms with Crippen LogP contribution < -0.4 is 10.6 Å². The number of anilines is 1. The Morgan fingerprint density at radius 1 is 1.47 bits per heavy atom.